The summed E-state index contributed by atoms with van der Waals surface area (Å²) in [7, 11) is 0. The maximum Gasteiger partial charge on any atom is 0.148 e. The van der Waals surface area contributed by atoms with Crippen molar-refractivity contribution in [1.82, 2.24) is 9.97 Å². The van der Waals surface area contributed by atoms with Gasteiger partial charge >= 0.3 is 0 Å². The summed E-state index contributed by atoms with van der Waals surface area (Å²) in [5.74, 6) is 6.91. The Morgan fingerprint density at radius 1 is 1.14 bits per heavy atom. The molecule has 0 radical (unpaired) electrons. The first-order chi connectivity index (χ1) is 10.1. The van der Waals surface area contributed by atoms with E-state index in [1.54, 1.807) is 12.1 Å². The van der Waals surface area contributed by atoms with Gasteiger partial charge in [0.15, 0.2) is 0 Å². The first kappa shape index (κ1) is 15.2. The van der Waals surface area contributed by atoms with Crippen LogP contribution >= 0.6 is 0 Å². The summed E-state index contributed by atoms with van der Waals surface area (Å²) in [4.78, 5) is 8.40. The minimum absolute atomic E-state index is 0.219. The maximum atomic E-state index is 12.8. The van der Waals surface area contributed by atoms with Gasteiger partial charge in [-0.2, -0.15) is 0 Å². The predicted octanol–water partition coefficient (Wildman–Crippen LogP) is 2.68. The molecular formula is C15H20FN5. The SMILES string of the molecule is CC(C)c1c(NN)ncnc1NCCc1ccc(F)cc1. The Morgan fingerprint density at radius 3 is 2.43 bits per heavy atom. The van der Waals surface area contributed by atoms with E-state index in [9.17, 15) is 4.39 Å². The topological polar surface area (TPSA) is 75.9 Å². The van der Waals surface area contributed by atoms with Crippen LogP contribution in [0.5, 0.6) is 0 Å². The summed E-state index contributed by atoms with van der Waals surface area (Å²) < 4.78 is 12.8. The summed E-state index contributed by atoms with van der Waals surface area (Å²) in [5, 5.41) is 3.29. The molecule has 0 aliphatic carbocycles. The summed E-state index contributed by atoms with van der Waals surface area (Å²) in [6, 6.07) is 6.51. The van der Waals surface area contributed by atoms with Crippen LogP contribution in [0.4, 0.5) is 16.0 Å². The van der Waals surface area contributed by atoms with E-state index in [1.807, 2.05) is 0 Å². The molecule has 0 aliphatic rings. The maximum absolute atomic E-state index is 12.8. The van der Waals surface area contributed by atoms with E-state index in [0.29, 0.717) is 12.4 Å². The van der Waals surface area contributed by atoms with Gasteiger partial charge in [-0.1, -0.05) is 26.0 Å². The average Bonchev–Trinajstić information content (AvgIpc) is 2.48. The lowest BCUT2D eigenvalue weighted by atomic mass is 10.0. The Balaban J connectivity index is 2.04. The van der Waals surface area contributed by atoms with E-state index in [0.717, 1.165) is 23.4 Å². The van der Waals surface area contributed by atoms with Crippen LogP contribution in [0.2, 0.25) is 0 Å². The number of nitrogens with two attached hydrogens (primary N) is 1. The first-order valence-electron chi connectivity index (χ1n) is 6.91. The average molecular weight is 289 g/mol. The smallest absolute Gasteiger partial charge is 0.148 e. The van der Waals surface area contributed by atoms with Gasteiger partial charge in [0.25, 0.3) is 0 Å². The fourth-order valence-corrected chi connectivity index (χ4v) is 2.17. The minimum atomic E-state index is -0.219. The van der Waals surface area contributed by atoms with Gasteiger partial charge in [-0.15, -0.1) is 0 Å². The third-order valence-corrected chi connectivity index (χ3v) is 3.22. The van der Waals surface area contributed by atoms with Crippen molar-refractivity contribution in [2.24, 2.45) is 5.84 Å². The molecule has 6 heteroatoms. The molecule has 4 N–H and O–H groups in total. The Labute approximate surface area is 123 Å². The van der Waals surface area contributed by atoms with Crippen LogP contribution in [0, 0.1) is 5.82 Å². The Morgan fingerprint density at radius 2 is 1.81 bits per heavy atom. The lowest BCUT2D eigenvalue weighted by molar-refractivity contribution is 0.627. The van der Waals surface area contributed by atoms with Crippen molar-refractivity contribution >= 4 is 11.6 Å². The quantitative estimate of drug-likeness (QED) is 0.563. The van der Waals surface area contributed by atoms with Crippen LogP contribution in [-0.4, -0.2) is 16.5 Å². The molecule has 0 spiro atoms. The zero-order valence-corrected chi connectivity index (χ0v) is 12.2. The molecule has 5 nitrogen and oxygen atoms in total. The second-order valence-corrected chi connectivity index (χ2v) is 5.09. The van der Waals surface area contributed by atoms with Crippen LogP contribution in [0.3, 0.4) is 0 Å². The molecule has 1 aromatic carbocycles. The first-order valence-corrected chi connectivity index (χ1v) is 6.91. The highest BCUT2D eigenvalue weighted by molar-refractivity contribution is 5.58. The van der Waals surface area contributed by atoms with E-state index in [1.165, 1.54) is 18.5 Å². The number of benzene rings is 1. The molecule has 1 heterocycles. The number of halogens is 1. The van der Waals surface area contributed by atoms with Gasteiger partial charge in [0, 0.05) is 12.1 Å². The number of nitrogens with one attached hydrogen (secondary N) is 2. The molecule has 0 amide bonds. The summed E-state index contributed by atoms with van der Waals surface area (Å²) in [6.07, 6.45) is 2.26. The lowest BCUT2D eigenvalue weighted by Gasteiger charge is -2.16. The predicted molar refractivity (Wildman–Crippen MR) is 82.5 cm³/mol. The second kappa shape index (κ2) is 6.99. The molecule has 0 unspecified atom stereocenters. The van der Waals surface area contributed by atoms with Crippen LogP contribution in [0.15, 0.2) is 30.6 Å². The molecule has 2 aromatic rings. The summed E-state index contributed by atoms with van der Waals surface area (Å²) >= 11 is 0. The van der Waals surface area contributed by atoms with Gasteiger partial charge in [0.05, 0.1) is 0 Å². The molecule has 1 aromatic heterocycles. The second-order valence-electron chi connectivity index (χ2n) is 5.09. The van der Waals surface area contributed by atoms with E-state index >= 15 is 0 Å². The molecule has 0 saturated carbocycles. The largest absolute Gasteiger partial charge is 0.369 e. The minimum Gasteiger partial charge on any atom is -0.369 e. The zero-order chi connectivity index (χ0) is 15.2. The van der Waals surface area contributed by atoms with Crippen molar-refractivity contribution in [2.45, 2.75) is 26.2 Å². The molecule has 21 heavy (non-hydrogen) atoms. The summed E-state index contributed by atoms with van der Waals surface area (Å²) in [6.45, 7) is 4.82. The molecule has 0 aliphatic heterocycles. The lowest BCUT2D eigenvalue weighted by Crippen LogP contribution is -2.16. The Bertz CT molecular complexity index is 583. The van der Waals surface area contributed by atoms with Crippen molar-refractivity contribution in [2.75, 3.05) is 17.3 Å². The monoisotopic (exact) mass is 289 g/mol. The third kappa shape index (κ3) is 3.88. The highest BCUT2D eigenvalue weighted by atomic mass is 19.1. The molecule has 112 valence electrons. The van der Waals surface area contributed by atoms with Crippen LogP contribution in [-0.2, 0) is 6.42 Å². The van der Waals surface area contributed by atoms with Crippen molar-refractivity contribution in [1.29, 1.82) is 0 Å². The Kier molecular flexibility index (Phi) is 5.05. The molecule has 0 atom stereocenters. The van der Waals surface area contributed by atoms with Gasteiger partial charge < -0.3 is 10.7 Å². The van der Waals surface area contributed by atoms with E-state index in [4.69, 9.17) is 5.84 Å². The number of nitrogen functional groups attached to an aromatic ring is 1. The summed E-state index contributed by atoms with van der Waals surface area (Å²) in [5.41, 5.74) is 4.63. The van der Waals surface area contributed by atoms with E-state index < -0.39 is 0 Å². The van der Waals surface area contributed by atoms with Crippen molar-refractivity contribution in [3.63, 3.8) is 0 Å². The standard InChI is InChI=1S/C15H20FN5/c1-10(2)13-14(19-9-20-15(13)21-17)18-8-7-11-3-5-12(16)6-4-11/h3-6,9-10H,7-8,17H2,1-2H3,(H2,18,19,20,21). The number of nitrogens with zero attached hydrogens (tertiary/aromatic N) is 2. The molecule has 0 fully saturated rings. The number of aromatic nitrogens is 2. The third-order valence-electron chi connectivity index (χ3n) is 3.22. The number of hydrazine groups is 1. The number of rotatable bonds is 6. The van der Waals surface area contributed by atoms with Gasteiger partial charge in [-0.25, -0.2) is 20.2 Å². The van der Waals surface area contributed by atoms with Crippen LogP contribution in [0.1, 0.15) is 30.9 Å². The van der Waals surface area contributed by atoms with E-state index in [2.05, 4.69) is 34.6 Å². The van der Waals surface area contributed by atoms with Gasteiger partial charge in [-0.3, -0.25) is 0 Å². The van der Waals surface area contributed by atoms with Crippen LogP contribution < -0.4 is 16.6 Å². The number of hydrogen-bond acceptors (Lipinski definition) is 5. The highest BCUT2D eigenvalue weighted by Gasteiger charge is 2.13. The highest BCUT2D eigenvalue weighted by Crippen LogP contribution is 2.27. The normalized spacial score (nSPS) is 10.7. The zero-order valence-electron chi connectivity index (χ0n) is 12.2. The fourth-order valence-electron chi connectivity index (χ4n) is 2.17. The number of anilines is 2. The van der Waals surface area contributed by atoms with E-state index in [-0.39, 0.29) is 11.7 Å². The molecule has 2 rings (SSSR count). The van der Waals surface area contributed by atoms with Crippen molar-refractivity contribution in [3.8, 4) is 0 Å². The molecule has 0 bridgehead atoms. The van der Waals surface area contributed by atoms with Crippen molar-refractivity contribution < 1.29 is 4.39 Å². The molecule has 0 saturated heterocycles. The number of hydrogen-bond donors (Lipinski definition) is 3. The van der Waals surface area contributed by atoms with Crippen LogP contribution in [0.25, 0.3) is 0 Å². The van der Waals surface area contributed by atoms with Crippen molar-refractivity contribution in [3.05, 3.63) is 47.5 Å². The van der Waals surface area contributed by atoms with Gasteiger partial charge in [0.1, 0.15) is 23.8 Å². The fraction of sp³-hybridized carbons (Fsp3) is 0.333. The van der Waals surface area contributed by atoms with Gasteiger partial charge in [-0.05, 0) is 30.0 Å². The Hall–Kier alpha value is -2.21. The van der Waals surface area contributed by atoms with Gasteiger partial charge in [0.2, 0.25) is 0 Å². The molecular weight excluding hydrogens is 269 g/mol.